The third-order valence-corrected chi connectivity index (χ3v) is 3.10. The summed E-state index contributed by atoms with van der Waals surface area (Å²) in [6, 6.07) is 0. The second kappa shape index (κ2) is 6.35. The lowest BCUT2D eigenvalue weighted by Gasteiger charge is -2.32. The number of aromatic nitrogens is 2. The molecule has 2 heterocycles. The highest BCUT2D eigenvalue weighted by molar-refractivity contribution is 6.02. The fraction of sp³-hybridized carbons (Fsp3) is 0.500. The first-order valence-corrected chi connectivity index (χ1v) is 6.27. The van der Waals surface area contributed by atoms with Crippen LogP contribution in [0.3, 0.4) is 0 Å². The summed E-state index contributed by atoms with van der Waals surface area (Å²) in [6.45, 7) is 0.752. The maximum Gasteiger partial charge on any atom is 0.354 e. The lowest BCUT2D eigenvalue weighted by atomic mass is 10.2. The van der Waals surface area contributed by atoms with Crippen molar-refractivity contribution >= 4 is 17.8 Å². The number of H-pyrrole nitrogens is 1. The average molecular weight is 297 g/mol. The van der Waals surface area contributed by atoms with Gasteiger partial charge in [0.05, 0.1) is 32.6 Å². The van der Waals surface area contributed by atoms with Crippen molar-refractivity contribution in [2.75, 3.05) is 26.8 Å². The van der Waals surface area contributed by atoms with Gasteiger partial charge in [0.25, 0.3) is 5.91 Å². The van der Waals surface area contributed by atoms with Crippen LogP contribution in [0, 0.1) is 0 Å². The Morgan fingerprint density at radius 3 is 3.00 bits per heavy atom. The molecule has 9 nitrogen and oxygen atoms in total. The van der Waals surface area contributed by atoms with Crippen LogP contribution in [0.2, 0.25) is 0 Å². The highest BCUT2D eigenvalue weighted by Crippen LogP contribution is 2.14. The van der Waals surface area contributed by atoms with Crippen molar-refractivity contribution in [1.82, 2.24) is 14.9 Å². The van der Waals surface area contributed by atoms with Crippen LogP contribution < -0.4 is 0 Å². The molecule has 1 amide bonds. The molecule has 0 radical (unpaired) electrons. The Labute approximate surface area is 119 Å². The van der Waals surface area contributed by atoms with Gasteiger partial charge in [-0.2, -0.15) is 0 Å². The molecule has 0 spiro atoms. The molecule has 9 heteroatoms. The van der Waals surface area contributed by atoms with Gasteiger partial charge in [0.2, 0.25) is 0 Å². The van der Waals surface area contributed by atoms with Crippen LogP contribution in [-0.2, 0) is 14.3 Å². The molecule has 0 aliphatic carbocycles. The Bertz CT molecular complexity index is 555. The second-order valence-electron chi connectivity index (χ2n) is 4.46. The van der Waals surface area contributed by atoms with Crippen molar-refractivity contribution in [3.63, 3.8) is 0 Å². The van der Waals surface area contributed by atoms with E-state index in [9.17, 15) is 14.4 Å². The number of amides is 1. The van der Waals surface area contributed by atoms with Gasteiger partial charge in [0.15, 0.2) is 11.4 Å². The lowest BCUT2D eigenvalue weighted by Crippen LogP contribution is -2.46. The number of hydrogen-bond donors (Lipinski definition) is 2. The second-order valence-corrected chi connectivity index (χ2v) is 4.46. The molecular weight excluding hydrogens is 282 g/mol. The molecule has 0 saturated carbocycles. The van der Waals surface area contributed by atoms with Gasteiger partial charge in [0, 0.05) is 13.1 Å². The van der Waals surface area contributed by atoms with E-state index in [4.69, 9.17) is 9.84 Å². The van der Waals surface area contributed by atoms with Gasteiger partial charge in [0.1, 0.15) is 0 Å². The number of nitrogens with one attached hydrogen (secondary N) is 1. The van der Waals surface area contributed by atoms with Crippen LogP contribution in [0.1, 0.15) is 27.4 Å². The molecule has 1 aromatic rings. The fourth-order valence-corrected chi connectivity index (χ4v) is 2.07. The van der Waals surface area contributed by atoms with E-state index < -0.39 is 23.9 Å². The summed E-state index contributed by atoms with van der Waals surface area (Å²) in [6.07, 6.45) is 0.720. The Morgan fingerprint density at radius 1 is 1.57 bits per heavy atom. The largest absolute Gasteiger partial charge is 0.477 e. The molecule has 1 unspecified atom stereocenters. The third-order valence-electron chi connectivity index (χ3n) is 3.10. The topological polar surface area (TPSA) is 122 Å². The smallest absolute Gasteiger partial charge is 0.354 e. The van der Waals surface area contributed by atoms with Gasteiger partial charge in [-0.25, -0.2) is 9.78 Å². The molecule has 114 valence electrons. The van der Waals surface area contributed by atoms with Crippen LogP contribution in [0.5, 0.6) is 0 Å². The van der Waals surface area contributed by atoms with E-state index in [0.29, 0.717) is 6.54 Å². The Hall–Kier alpha value is -2.42. The number of nitrogens with zero attached hydrogens (tertiary/aromatic N) is 2. The average Bonchev–Trinajstić information content (AvgIpc) is 2.96. The number of aromatic amines is 1. The zero-order valence-electron chi connectivity index (χ0n) is 11.4. The molecule has 2 N–H and O–H groups in total. The van der Waals surface area contributed by atoms with Crippen LogP contribution in [0.4, 0.5) is 0 Å². The lowest BCUT2D eigenvalue weighted by molar-refractivity contribution is -0.145. The molecule has 1 aromatic heterocycles. The molecular formula is C12H15N3O6. The summed E-state index contributed by atoms with van der Waals surface area (Å²) in [5.74, 6) is -2.19. The van der Waals surface area contributed by atoms with E-state index in [1.54, 1.807) is 0 Å². The van der Waals surface area contributed by atoms with Crippen molar-refractivity contribution in [2.45, 2.75) is 12.5 Å². The third kappa shape index (κ3) is 3.37. The van der Waals surface area contributed by atoms with Crippen LogP contribution in [0.25, 0.3) is 0 Å². The zero-order chi connectivity index (χ0) is 15.4. The predicted molar refractivity (Wildman–Crippen MR) is 67.8 cm³/mol. The van der Waals surface area contributed by atoms with Crippen LogP contribution in [-0.4, -0.2) is 70.7 Å². The number of carboxylic acid groups (broad SMARTS) is 1. The number of hydrogen-bond acceptors (Lipinski definition) is 6. The normalized spacial score (nSPS) is 18.3. The quantitative estimate of drug-likeness (QED) is 0.719. The summed E-state index contributed by atoms with van der Waals surface area (Å²) in [4.78, 5) is 42.1. The molecule has 1 saturated heterocycles. The van der Waals surface area contributed by atoms with E-state index in [1.807, 2.05) is 0 Å². The molecule has 1 aliphatic rings. The van der Waals surface area contributed by atoms with Crippen molar-refractivity contribution in [3.8, 4) is 0 Å². The number of carbonyl (C=O) groups excluding carboxylic acids is 2. The highest BCUT2D eigenvalue weighted by atomic mass is 16.5. The number of carbonyl (C=O) groups is 3. The number of morpholine rings is 1. The molecule has 1 aliphatic heterocycles. The first kappa shape index (κ1) is 15.0. The molecule has 0 bridgehead atoms. The van der Waals surface area contributed by atoms with Gasteiger partial charge in [-0.15, -0.1) is 0 Å². The molecule has 0 aromatic carbocycles. The SMILES string of the molecule is COC(=O)CC1CN(C(=O)c2nc[nH]c2C(=O)O)CCO1. The Morgan fingerprint density at radius 2 is 2.33 bits per heavy atom. The number of carboxylic acids is 1. The van der Waals surface area contributed by atoms with Gasteiger partial charge >= 0.3 is 11.9 Å². The predicted octanol–water partition coefficient (Wildman–Crippen LogP) is -0.488. The number of methoxy groups -OCH3 is 1. The van der Waals surface area contributed by atoms with E-state index in [2.05, 4.69) is 14.7 Å². The Balaban J connectivity index is 2.07. The number of ether oxygens (including phenoxy) is 2. The van der Waals surface area contributed by atoms with Gasteiger partial charge < -0.3 is 24.5 Å². The number of imidazole rings is 1. The summed E-state index contributed by atoms with van der Waals surface area (Å²) in [5.41, 5.74) is -0.405. The standard InChI is InChI=1S/C12H15N3O6/c1-20-8(16)4-7-5-15(2-3-21-7)11(17)9-10(12(18)19)14-6-13-9/h6-7H,2-5H2,1H3,(H,13,14)(H,18,19). The minimum absolute atomic E-state index is 0.0344. The van der Waals surface area contributed by atoms with E-state index in [-0.39, 0.29) is 31.0 Å². The van der Waals surface area contributed by atoms with E-state index >= 15 is 0 Å². The summed E-state index contributed by atoms with van der Waals surface area (Å²) in [5, 5.41) is 8.98. The molecule has 1 atom stereocenters. The first-order chi connectivity index (χ1) is 10.0. The Kier molecular flexibility index (Phi) is 4.53. The van der Waals surface area contributed by atoms with Crippen LogP contribution in [0.15, 0.2) is 6.33 Å². The molecule has 1 fully saturated rings. The fourth-order valence-electron chi connectivity index (χ4n) is 2.07. The minimum Gasteiger partial charge on any atom is -0.477 e. The summed E-state index contributed by atoms with van der Waals surface area (Å²) >= 11 is 0. The van der Waals surface area contributed by atoms with E-state index in [0.717, 1.165) is 6.33 Å². The summed E-state index contributed by atoms with van der Waals surface area (Å²) in [7, 11) is 1.27. The highest BCUT2D eigenvalue weighted by Gasteiger charge is 2.30. The van der Waals surface area contributed by atoms with Crippen LogP contribution >= 0.6 is 0 Å². The monoisotopic (exact) mass is 297 g/mol. The number of aromatic carboxylic acids is 1. The first-order valence-electron chi connectivity index (χ1n) is 6.27. The van der Waals surface area contributed by atoms with Gasteiger partial charge in [-0.05, 0) is 0 Å². The molecule has 21 heavy (non-hydrogen) atoms. The van der Waals surface area contributed by atoms with Crippen molar-refractivity contribution in [1.29, 1.82) is 0 Å². The van der Waals surface area contributed by atoms with E-state index in [1.165, 1.54) is 12.0 Å². The maximum atomic E-state index is 12.3. The maximum absolute atomic E-state index is 12.3. The van der Waals surface area contributed by atoms with Crippen molar-refractivity contribution in [2.24, 2.45) is 0 Å². The van der Waals surface area contributed by atoms with Gasteiger partial charge in [-0.1, -0.05) is 0 Å². The van der Waals surface area contributed by atoms with Crippen molar-refractivity contribution in [3.05, 3.63) is 17.7 Å². The molecule has 2 rings (SSSR count). The number of esters is 1. The summed E-state index contributed by atoms with van der Waals surface area (Å²) < 4.78 is 9.94. The minimum atomic E-state index is -1.25. The number of rotatable bonds is 4. The zero-order valence-corrected chi connectivity index (χ0v) is 11.4. The van der Waals surface area contributed by atoms with Gasteiger partial charge in [-0.3, -0.25) is 9.59 Å². The van der Waals surface area contributed by atoms with Crippen molar-refractivity contribution < 1.29 is 29.0 Å².